The van der Waals surface area contributed by atoms with E-state index in [2.05, 4.69) is 5.32 Å². The van der Waals surface area contributed by atoms with E-state index in [0.717, 1.165) is 5.69 Å². The Hall–Kier alpha value is -1.09. The molecule has 12 heavy (non-hydrogen) atoms. The highest BCUT2D eigenvalue weighted by Crippen LogP contribution is 2.07. The zero-order valence-electron chi connectivity index (χ0n) is 7.05. The topological polar surface area (TPSA) is 38.0 Å². The van der Waals surface area contributed by atoms with Crippen LogP contribution in [0, 0.1) is 5.82 Å². The van der Waals surface area contributed by atoms with Crippen molar-refractivity contribution in [1.29, 1.82) is 0 Å². The summed E-state index contributed by atoms with van der Waals surface area (Å²) in [4.78, 5) is 0. The maximum absolute atomic E-state index is 12.4. The summed E-state index contributed by atoms with van der Waals surface area (Å²) in [5.74, 6) is -0.221. The van der Waals surface area contributed by atoms with Crippen molar-refractivity contribution in [3.63, 3.8) is 0 Å². The van der Waals surface area contributed by atoms with Crippen molar-refractivity contribution in [2.45, 2.75) is 13.0 Å². The monoisotopic (exact) mass is 168 g/mol. The summed E-state index contributed by atoms with van der Waals surface area (Å²) in [6.07, 6.45) is 0. The van der Waals surface area contributed by atoms with Gasteiger partial charge in [-0.1, -0.05) is 0 Å². The fraction of sp³-hybridized carbons (Fsp3) is 0.333. The molecule has 0 bridgehead atoms. The summed E-state index contributed by atoms with van der Waals surface area (Å²) in [5.41, 5.74) is 6.43. The van der Waals surface area contributed by atoms with Crippen LogP contribution in [0.25, 0.3) is 0 Å². The van der Waals surface area contributed by atoms with Gasteiger partial charge in [-0.2, -0.15) is 0 Å². The van der Waals surface area contributed by atoms with Gasteiger partial charge in [0, 0.05) is 18.3 Å². The first-order valence-electron chi connectivity index (χ1n) is 3.93. The van der Waals surface area contributed by atoms with Gasteiger partial charge in [0.1, 0.15) is 5.82 Å². The molecule has 0 aliphatic heterocycles. The lowest BCUT2D eigenvalue weighted by Crippen LogP contribution is -2.25. The van der Waals surface area contributed by atoms with Gasteiger partial charge < -0.3 is 11.1 Å². The summed E-state index contributed by atoms with van der Waals surface area (Å²) in [7, 11) is 0. The molecule has 1 rings (SSSR count). The molecule has 1 aromatic carbocycles. The van der Waals surface area contributed by atoms with Crippen molar-refractivity contribution in [3.05, 3.63) is 30.1 Å². The summed E-state index contributed by atoms with van der Waals surface area (Å²) in [6.45, 7) is 2.61. The largest absolute Gasteiger partial charge is 0.383 e. The van der Waals surface area contributed by atoms with E-state index in [1.54, 1.807) is 12.1 Å². The van der Waals surface area contributed by atoms with Crippen molar-refractivity contribution in [1.82, 2.24) is 0 Å². The minimum atomic E-state index is -0.221. The predicted octanol–water partition coefficient (Wildman–Crippen LogP) is 1.58. The van der Waals surface area contributed by atoms with E-state index in [1.807, 2.05) is 6.92 Å². The minimum absolute atomic E-state index is 0.107. The molecule has 0 aliphatic carbocycles. The number of benzene rings is 1. The Bertz CT molecular complexity index is 231. The first kappa shape index (κ1) is 9.00. The molecule has 1 aromatic rings. The number of hydrogen-bond donors (Lipinski definition) is 2. The van der Waals surface area contributed by atoms with Crippen molar-refractivity contribution in [2.75, 3.05) is 11.9 Å². The van der Waals surface area contributed by atoms with E-state index in [0.29, 0.717) is 6.54 Å². The first-order valence-corrected chi connectivity index (χ1v) is 3.93. The average molecular weight is 168 g/mol. The molecule has 1 atom stereocenters. The molecule has 3 heteroatoms. The highest BCUT2D eigenvalue weighted by atomic mass is 19.1. The van der Waals surface area contributed by atoms with Crippen LogP contribution in [0.5, 0.6) is 0 Å². The van der Waals surface area contributed by atoms with Gasteiger partial charge in [0.2, 0.25) is 0 Å². The number of anilines is 1. The predicted molar refractivity (Wildman–Crippen MR) is 48.5 cm³/mol. The van der Waals surface area contributed by atoms with Crippen LogP contribution in [-0.4, -0.2) is 12.6 Å². The molecule has 0 aliphatic rings. The number of halogens is 1. The number of hydrogen-bond acceptors (Lipinski definition) is 2. The zero-order chi connectivity index (χ0) is 8.97. The molecule has 66 valence electrons. The molecule has 3 N–H and O–H groups in total. The molecular weight excluding hydrogens is 155 g/mol. The Balaban J connectivity index is 2.48. The molecular formula is C9H13FN2. The maximum Gasteiger partial charge on any atom is 0.123 e. The van der Waals surface area contributed by atoms with Gasteiger partial charge >= 0.3 is 0 Å². The lowest BCUT2D eigenvalue weighted by atomic mass is 10.3. The zero-order valence-corrected chi connectivity index (χ0v) is 7.05. The van der Waals surface area contributed by atoms with Crippen LogP contribution < -0.4 is 11.1 Å². The number of rotatable bonds is 3. The number of nitrogens with one attached hydrogen (secondary N) is 1. The van der Waals surface area contributed by atoms with Gasteiger partial charge in [-0.15, -0.1) is 0 Å². The standard InChI is InChI=1S/C9H13FN2/c1-7(11)6-12-9-4-2-8(10)3-5-9/h2-5,7,12H,6,11H2,1H3. The van der Waals surface area contributed by atoms with E-state index in [1.165, 1.54) is 12.1 Å². The van der Waals surface area contributed by atoms with E-state index < -0.39 is 0 Å². The molecule has 1 unspecified atom stereocenters. The van der Waals surface area contributed by atoms with Crippen LogP contribution in [0.15, 0.2) is 24.3 Å². The molecule has 0 saturated carbocycles. The number of nitrogens with two attached hydrogens (primary N) is 1. The highest BCUT2D eigenvalue weighted by molar-refractivity contribution is 5.42. The molecule has 0 heterocycles. The molecule has 0 amide bonds. The second kappa shape index (κ2) is 4.07. The Kier molecular flexibility index (Phi) is 3.05. The van der Waals surface area contributed by atoms with Crippen LogP contribution in [-0.2, 0) is 0 Å². The van der Waals surface area contributed by atoms with Crippen LogP contribution in [0.1, 0.15) is 6.92 Å². The molecule has 0 fully saturated rings. The lowest BCUT2D eigenvalue weighted by molar-refractivity contribution is 0.628. The van der Waals surface area contributed by atoms with Crippen LogP contribution in [0.2, 0.25) is 0 Å². The van der Waals surface area contributed by atoms with Crippen molar-refractivity contribution >= 4 is 5.69 Å². The summed E-state index contributed by atoms with van der Waals surface area (Å²) in [5, 5.41) is 3.08. The second-order valence-electron chi connectivity index (χ2n) is 2.87. The van der Waals surface area contributed by atoms with Gasteiger partial charge in [-0.25, -0.2) is 4.39 Å². The maximum atomic E-state index is 12.4. The van der Waals surface area contributed by atoms with Gasteiger partial charge in [0.15, 0.2) is 0 Å². The van der Waals surface area contributed by atoms with E-state index in [-0.39, 0.29) is 11.9 Å². The van der Waals surface area contributed by atoms with Gasteiger partial charge in [0.25, 0.3) is 0 Å². The quantitative estimate of drug-likeness (QED) is 0.719. The van der Waals surface area contributed by atoms with Gasteiger partial charge in [0.05, 0.1) is 0 Å². The third-order valence-corrected chi connectivity index (χ3v) is 1.47. The Morgan fingerprint density at radius 1 is 1.42 bits per heavy atom. The summed E-state index contributed by atoms with van der Waals surface area (Å²) >= 11 is 0. The normalized spacial score (nSPS) is 12.6. The minimum Gasteiger partial charge on any atom is -0.383 e. The third kappa shape index (κ3) is 2.88. The third-order valence-electron chi connectivity index (χ3n) is 1.47. The van der Waals surface area contributed by atoms with E-state index in [4.69, 9.17) is 5.73 Å². The van der Waals surface area contributed by atoms with Crippen LogP contribution in [0.4, 0.5) is 10.1 Å². The average Bonchev–Trinajstić information content (AvgIpc) is 2.03. The summed E-state index contributed by atoms with van der Waals surface area (Å²) < 4.78 is 12.4. The smallest absolute Gasteiger partial charge is 0.123 e. The van der Waals surface area contributed by atoms with Crippen molar-refractivity contribution in [2.24, 2.45) is 5.73 Å². The first-order chi connectivity index (χ1) is 5.68. The van der Waals surface area contributed by atoms with Crippen molar-refractivity contribution in [3.8, 4) is 0 Å². The van der Waals surface area contributed by atoms with Crippen LogP contribution in [0.3, 0.4) is 0 Å². The molecule has 0 spiro atoms. The van der Waals surface area contributed by atoms with Gasteiger partial charge in [-0.05, 0) is 31.2 Å². The molecule has 0 saturated heterocycles. The molecule has 0 radical (unpaired) electrons. The Labute approximate surface area is 71.6 Å². The van der Waals surface area contributed by atoms with E-state index in [9.17, 15) is 4.39 Å². The molecule has 2 nitrogen and oxygen atoms in total. The van der Waals surface area contributed by atoms with E-state index >= 15 is 0 Å². The highest BCUT2D eigenvalue weighted by Gasteiger charge is 1.94. The Morgan fingerprint density at radius 3 is 2.50 bits per heavy atom. The fourth-order valence-electron chi connectivity index (χ4n) is 0.847. The lowest BCUT2D eigenvalue weighted by Gasteiger charge is -2.08. The molecule has 0 aromatic heterocycles. The second-order valence-corrected chi connectivity index (χ2v) is 2.87. The fourth-order valence-corrected chi connectivity index (χ4v) is 0.847. The van der Waals surface area contributed by atoms with Crippen molar-refractivity contribution < 1.29 is 4.39 Å². The Morgan fingerprint density at radius 2 is 2.00 bits per heavy atom. The van der Waals surface area contributed by atoms with Gasteiger partial charge in [-0.3, -0.25) is 0 Å². The summed E-state index contributed by atoms with van der Waals surface area (Å²) in [6, 6.07) is 6.33. The SMILES string of the molecule is CC(N)CNc1ccc(F)cc1. The van der Waals surface area contributed by atoms with Crippen LogP contribution >= 0.6 is 0 Å².